The van der Waals surface area contributed by atoms with Crippen LogP contribution < -0.4 is 5.32 Å². The summed E-state index contributed by atoms with van der Waals surface area (Å²) in [5.41, 5.74) is 1.99. The average Bonchev–Trinajstić information content (AvgIpc) is 2.91. The maximum atomic E-state index is 9.07. The minimum Gasteiger partial charge on any atom is -0.411 e. The minimum absolute atomic E-state index is 0.214. The minimum atomic E-state index is 0.214. The number of hydrogen-bond acceptors (Lipinski definition) is 4. The van der Waals surface area contributed by atoms with Gasteiger partial charge in [-0.15, -0.1) is 0 Å². The van der Waals surface area contributed by atoms with Crippen LogP contribution in [0.1, 0.15) is 19.3 Å². The lowest BCUT2D eigenvalue weighted by Crippen LogP contribution is -2.35. The van der Waals surface area contributed by atoms with Gasteiger partial charge in [0.05, 0.1) is 11.8 Å². The molecule has 0 radical (unpaired) electrons. The Bertz CT molecular complexity index is 404. The second-order valence-electron chi connectivity index (χ2n) is 4.65. The van der Waals surface area contributed by atoms with E-state index in [0.29, 0.717) is 11.8 Å². The van der Waals surface area contributed by atoms with Crippen LogP contribution in [-0.4, -0.2) is 21.9 Å². The smallest absolute Gasteiger partial charge is 0.0826 e. The zero-order valence-electron chi connectivity index (χ0n) is 9.00. The first-order valence-corrected chi connectivity index (χ1v) is 5.77. The molecule has 2 N–H and O–H groups in total. The number of nitrogens with one attached hydrogen (secondary N) is 1. The number of nitrogens with zero attached hydrogens (tertiary/aromatic N) is 2. The van der Waals surface area contributed by atoms with Crippen molar-refractivity contribution in [2.75, 3.05) is 5.32 Å². The van der Waals surface area contributed by atoms with Gasteiger partial charge >= 0.3 is 0 Å². The molecule has 0 aliphatic heterocycles. The molecule has 3 atom stereocenters. The van der Waals surface area contributed by atoms with Gasteiger partial charge in [-0.25, -0.2) is 0 Å². The lowest BCUT2D eigenvalue weighted by Gasteiger charge is -2.24. The Labute approximate surface area is 94.4 Å². The lowest BCUT2D eigenvalue weighted by molar-refractivity contribution is 0.312. The normalized spacial score (nSPS) is 34.5. The molecule has 4 nitrogen and oxygen atoms in total. The van der Waals surface area contributed by atoms with E-state index in [1.807, 2.05) is 12.1 Å². The molecule has 2 aliphatic rings. The van der Waals surface area contributed by atoms with Crippen molar-refractivity contribution >= 4 is 11.4 Å². The third-order valence-electron chi connectivity index (χ3n) is 3.80. The Morgan fingerprint density at radius 3 is 2.88 bits per heavy atom. The molecule has 3 rings (SSSR count). The zero-order valence-corrected chi connectivity index (χ0v) is 9.00. The highest BCUT2D eigenvalue weighted by Gasteiger charge is 2.45. The van der Waals surface area contributed by atoms with Gasteiger partial charge in [0.25, 0.3) is 0 Å². The number of rotatable bonds is 2. The SMILES string of the molecule is O/N=C1\C2CCC(C2)C1Nc1ccncc1. The molecule has 0 saturated heterocycles. The third-order valence-corrected chi connectivity index (χ3v) is 3.80. The molecule has 0 amide bonds. The zero-order chi connectivity index (χ0) is 11.0. The first kappa shape index (κ1) is 9.63. The largest absolute Gasteiger partial charge is 0.411 e. The lowest BCUT2D eigenvalue weighted by atomic mass is 9.93. The molecule has 4 heteroatoms. The molecule has 2 saturated carbocycles. The second kappa shape index (κ2) is 3.77. The van der Waals surface area contributed by atoms with Crippen LogP contribution in [0.15, 0.2) is 29.7 Å². The van der Waals surface area contributed by atoms with Crippen LogP contribution in [0, 0.1) is 11.8 Å². The summed E-state index contributed by atoms with van der Waals surface area (Å²) in [4.78, 5) is 3.99. The van der Waals surface area contributed by atoms with E-state index < -0.39 is 0 Å². The molecular weight excluding hydrogens is 202 g/mol. The van der Waals surface area contributed by atoms with Crippen LogP contribution in [0.3, 0.4) is 0 Å². The van der Waals surface area contributed by atoms with Gasteiger partial charge in [-0.2, -0.15) is 0 Å². The molecule has 16 heavy (non-hydrogen) atoms. The van der Waals surface area contributed by atoms with E-state index in [2.05, 4.69) is 15.5 Å². The van der Waals surface area contributed by atoms with E-state index in [-0.39, 0.29) is 6.04 Å². The highest BCUT2D eigenvalue weighted by Crippen LogP contribution is 2.43. The maximum absolute atomic E-state index is 9.07. The molecule has 1 aromatic rings. The van der Waals surface area contributed by atoms with Gasteiger partial charge in [-0.05, 0) is 37.3 Å². The third kappa shape index (κ3) is 1.45. The Hall–Kier alpha value is -1.58. The summed E-state index contributed by atoms with van der Waals surface area (Å²) in [6.07, 6.45) is 7.13. The second-order valence-corrected chi connectivity index (χ2v) is 4.65. The van der Waals surface area contributed by atoms with Crippen molar-refractivity contribution in [1.29, 1.82) is 0 Å². The standard InChI is InChI=1S/C12H15N3O/c16-15-12-9-2-1-8(7-9)11(12)14-10-3-5-13-6-4-10/h3-6,8-9,11,16H,1-2,7H2,(H,13,14)/b15-12+. The van der Waals surface area contributed by atoms with Crippen molar-refractivity contribution in [1.82, 2.24) is 4.98 Å². The Morgan fingerprint density at radius 2 is 2.12 bits per heavy atom. The number of aromatic nitrogens is 1. The fourth-order valence-corrected chi connectivity index (χ4v) is 3.05. The number of oxime groups is 1. The monoisotopic (exact) mass is 217 g/mol. The van der Waals surface area contributed by atoms with E-state index in [1.165, 1.54) is 19.3 Å². The van der Waals surface area contributed by atoms with Gasteiger partial charge in [-0.1, -0.05) is 5.16 Å². The fourth-order valence-electron chi connectivity index (χ4n) is 3.05. The fraction of sp³-hybridized carbons (Fsp3) is 0.500. The number of anilines is 1. The van der Waals surface area contributed by atoms with Gasteiger partial charge in [0.1, 0.15) is 0 Å². The number of hydrogen-bond donors (Lipinski definition) is 2. The van der Waals surface area contributed by atoms with Crippen LogP contribution in [0.4, 0.5) is 5.69 Å². The summed E-state index contributed by atoms with van der Waals surface area (Å²) in [5.74, 6) is 1.12. The molecule has 84 valence electrons. The van der Waals surface area contributed by atoms with Gasteiger partial charge in [0, 0.05) is 24.0 Å². The van der Waals surface area contributed by atoms with E-state index in [1.54, 1.807) is 12.4 Å². The summed E-state index contributed by atoms with van der Waals surface area (Å²) < 4.78 is 0. The molecule has 2 aliphatic carbocycles. The number of pyridine rings is 1. The molecule has 2 bridgehead atoms. The van der Waals surface area contributed by atoms with Crippen molar-refractivity contribution in [3.63, 3.8) is 0 Å². The van der Waals surface area contributed by atoms with Crippen molar-refractivity contribution in [2.45, 2.75) is 25.3 Å². The van der Waals surface area contributed by atoms with Gasteiger partial charge in [-0.3, -0.25) is 4.98 Å². The predicted molar refractivity (Wildman–Crippen MR) is 61.7 cm³/mol. The summed E-state index contributed by atoms with van der Waals surface area (Å²) in [7, 11) is 0. The molecule has 0 aromatic carbocycles. The average molecular weight is 217 g/mol. The molecule has 1 aromatic heterocycles. The van der Waals surface area contributed by atoms with E-state index in [0.717, 1.165) is 11.4 Å². The van der Waals surface area contributed by atoms with Crippen LogP contribution in [0.2, 0.25) is 0 Å². The summed E-state index contributed by atoms with van der Waals surface area (Å²) in [5, 5.41) is 16.0. The Morgan fingerprint density at radius 1 is 1.31 bits per heavy atom. The number of fused-ring (bicyclic) bond motifs is 2. The topological polar surface area (TPSA) is 57.5 Å². The first-order chi connectivity index (χ1) is 7.88. The van der Waals surface area contributed by atoms with E-state index in [4.69, 9.17) is 5.21 Å². The molecule has 1 heterocycles. The predicted octanol–water partition coefficient (Wildman–Crippen LogP) is 2.12. The quantitative estimate of drug-likeness (QED) is 0.589. The highest BCUT2D eigenvalue weighted by atomic mass is 16.4. The Balaban J connectivity index is 1.80. The molecule has 0 spiro atoms. The van der Waals surface area contributed by atoms with Crippen molar-refractivity contribution in [3.05, 3.63) is 24.5 Å². The molecule has 3 unspecified atom stereocenters. The molecular formula is C12H15N3O. The van der Waals surface area contributed by atoms with Gasteiger partial charge in [0.2, 0.25) is 0 Å². The van der Waals surface area contributed by atoms with Crippen LogP contribution >= 0.6 is 0 Å². The van der Waals surface area contributed by atoms with Crippen molar-refractivity contribution < 1.29 is 5.21 Å². The summed E-state index contributed by atoms with van der Waals surface area (Å²) in [6, 6.07) is 4.10. The van der Waals surface area contributed by atoms with Gasteiger partial charge < -0.3 is 10.5 Å². The van der Waals surface area contributed by atoms with E-state index in [9.17, 15) is 0 Å². The van der Waals surface area contributed by atoms with E-state index >= 15 is 0 Å². The van der Waals surface area contributed by atoms with Gasteiger partial charge in [0.15, 0.2) is 0 Å². The van der Waals surface area contributed by atoms with Crippen molar-refractivity contribution in [3.8, 4) is 0 Å². The van der Waals surface area contributed by atoms with Crippen LogP contribution in [-0.2, 0) is 0 Å². The van der Waals surface area contributed by atoms with Crippen LogP contribution in [0.25, 0.3) is 0 Å². The Kier molecular flexibility index (Phi) is 2.27. The summed E-state index contributed by atoms with van der Waals surface area (Å²) in [6.45, 7) is 0. The van der Waals surface area contributed by atoms with Crippen molar-refractivity contribution in [2.24, 2.45) is 17.0 Å². The highest BCUT2D eigenvalue weighted by molar-refractivity contribution is 5.96. The van der Waals surface area contributed by atoms with Crippen LogP contribution in [0.5, 0.6) is 0 Å². The first-order valence-electron chi connectivity index (χ1n) is 5.77. The maximum Gasteiger partial charge on any atom is 0.0826 e. The molecule has 2 fully saturated rings. The summed E-state index contributed by atoms with van der Waals surface area (Å²) >= 11 is 0.